The maximum atomic E-state index is 13.1. The average molecular weight is 314 g/mol. The third-order valence-corrected chi connectivity index (χ3v) is 2.31. The fraction of sp³-hybridized carbons (Fsp3) is 0.231. The van der Waals surface area contributed by atoms with E-state index in [1.165, 1.54) is 6.92 Å². The molecule has 1 aromatic rings. The minimum atomic E-state index is -4.95. The van der Waals surface area contributed by atoms with Crippen molar-refractivity contribution in [2.75, 3.05) is 6.61 Å². The maximum absolute atomic E-state index is 13.1. The monoisotopic (exact) mass is 314 g/mol. The third kappa shape index (κ3) is 5.20. The average Bonchev–Trinajstić information content (AvgIpc) is 2.37. The summed E-state index contributed by atoms with van der Waals surface area (Å²) in [5, 5.41) is 9.53. The number of ketones is 1. The number of alkyl halides is 3. The molecule has 0 aliphatic heterocycles. The Balaban J connectivity index is 0.00000441. The van der Waals surface area contributed by atoms with Gasteiger partial charge < -0.3 is 9.84 Å². The quantitative estimate of drug-likeness (QED) is 0.231. The van der Waals surface area contributed by atoms with Crippen LogP contribution in [0.4, 0.5) is 17.6 Å². The van der Waals surface area contributed by atoms with E-state index in [-0.39, 0.29) is 25.5 Å². The summed E-state index contributed by atoms with van der Waals surface area (Å²) in [5.74, 6) is -4.93. The predicted molar refractivity (Wildman–Crippen MR) is 70.8 cm³/mol. The van der Waals surface area contributed by atoms with Gasteiger partial charge in [-0.25, -0.2) is 9.18 Å². The van der Waals surface area contributed by atoms with Gasteiger partial charge in [0.05, 0.1) is 12.2 Å². The van der Waals surface area contributed by atoms with Crippen LogP contribution in [0, 0.1) is 5.82 Å². The number of benzene rings is 1. The zero-order valence-electron chi connectivity index (χ0n) is 10.7. The van der Waals surface area contributed by atoms with Gasteiger partial charge in [-0.3, -0.25) is 4.79 Å². The van der Waals surface area contributed by atoms with Gasteiger partial charge in [0, 0.05) is 11.6 Å². The van der Waals surface area contributed by atoms with Gasteiger partial charge in [0.15, 0.2) is 0 Å². The summed E-state index contributed by atoms with van der Waals surface area (Å²) in [4.78, 5) is 22.3. The van der Waals surface area contributed by atoms with E-state index in [1.54, 1.807) is 0 Å². The van der Waals surface area contributed by atoms with Gasteiger partial charge in [0.2, 0.25) is 0 Å². The first kappa shape index (κ1) is 20.2. The van der Waals surface area contributed by atoms with Gasteiger partial charge in [-0.1, -0.05) is 0 Å². The molecule has 1 rings (SSSR count). The molecule has 1 aromatic carbocycles. The van der Waals surface area contributed by atoms with Crippen molar-refractivity contribution >= 4 is 36.4 Å². The summed E-state index contributed by atoms with van der Waals surface area (Å²) in [5.41, 5.74) is -2.05. The van der Waals surface area contributed by atoms with Crippen LogP contribution in [0.15, 0.2) is 24.3 Å². The van der Waals surface area contributed by atoms with E-state index in [4.69, 9.17) is 0 Å². The van der Waals surface area contributed by atoms with Crippen LogP contribution >= 0.6 is 0 Å². The standard InChI is InChI=1S/C13H10F4O4.Li.H/c1-2-21-12(20)11(19)6-10(18)7-3-4-9(14)8(5-7)13(15,16)17;;/h3-6,18H,2H2,1H3;;. The Morgan fingerprint density at radius 3 is 2.41 bits per heavy atom. The molecule has 0 radical (unpaired) electrons. The van der Waals surface area contributed by atoms with Crippen molar-refractivity contribution in [1.29, 1.82) is 0 Å². The number of carbonyl (C=O) groups excluding carboxylic acids is 2. The minimum absolute atomic E-state index is 0. The normalized spacial score (nSPS) is 11.6. The number of esters is 1. The fourth-order valence-corrected chi connectivity index (χ4v) is 1.37. The van der Waals surface area contributed by atoms with Crippen LogP contribution in [0.25, 0.3) is 5.76 Å². The van der Waals surface area contributed by atoms with E-state index in [9.17, 15) is 32.3 Å². The molecule has 0 heterocycles. The molecular formula is C13H11F4LiO4. The fourth-order valence-electron chi connectivity index (χ4n) is 1.37. The summed E-state index contributed by atoms with van der Waals surface area (Å²) in [6, 6.07) is 1.67. The Morgan fingerprint density at radius 2 is 1.91 bits per heavy atom. The molecule has 0 unspecified atom stereocenters. The first-order chi connectivity index (χ1) is 9.66. The molecule has 0 spiro atoms. The molecule has 9 heteroatoms. The first-order valence-corrected chi connectivity index (χ1v) is 5.65. The number of aliphatic hydroxyl groups is 1. The molecule has 0 bridgehead atoms. The molecule has 0 aliphatic rings. The molecule has 0 fully saturated rings. The van der Waals surface area contributed by atoms with Gasteiger partial charge in [-0.15, -0.1) is 0 Å². The molecule has 0 saturated carbocycles. The van der Waals surface area contributed by atoms with Crippen LogP contribution in [0.3, 0.4) is 0 Å². The van der Waals surface area contributed by atoms with Crippen molar-refractivity contribution in [1.82, 2.24) is 0 Å². The van der Waals surface area contributed by atoms with E-state index in [0.717, 1.165) is 6.07 Å². The second-order valence-corrected chi connectivity index (χ2v) is 3.81. The SMILES string of the molecule is CCOC(=O)C(=O)C=C(O)c1ccc(F)c(C(F)(F)F)c1.[LiH]. The second-order valence-electron chi connectivity index (χ2n) is 3.81. The van der Waals surface area contributed by atoms with Crippen molar-refractivity contribution in [2.24, 2.45) is 0 Å². The molecular weight excluding hydrogens is 303 g/mol. The van der Waals surface area contributed by atoms with E-state index in [2.05, 4.69) is 4.74 Å². The predicted octanol–water partition coefficient (Wildman–Crippen LogP) is 2.23. The number of ether oxygens (including phenoxy) is 1. The number of rotatable bonds is 4. The molecule has 0 aliphatic carbocycles. The Kier molecular flexibility index (Phi) is 7.36. The van der Waals surface area contributed by atoms with Crippen LogP contribution in [0.1, 0.15) is 18.1 Å². The summed E-state index contributed by atoms with van der Waals surface area (Å²) in [6.07, 6.45) is -4.54. The number of carbonyl (C=O) groups is 2. The number of aliphatic hydroxyl groups excluding tert-OH is 1. The van der Waals surface area contributed by atoms with Crippen molar-refractivity contribution in [3.8, 4) is 0 Å². The second kappa shape index (κ2) is 8.01. The van der Waals surface area contributed by atoms with Crippen molar-refractivity contribution in [2.45, 2.75) is 13.1 Å². The zero-order chi connectivity index (χ0) is 16.2. The molecule has 116 valence electrons. The summed E-state index contributed by atoms with van der Waals surface area (Å²) >= 11 is 0. The van der Waals surface area contributed by atoms with E-state index in [0.29, 0.717) is 18.2 Å². The molecule has 1 N–H and O–H groups in total. The van der Waals surface area contributed by atoms with Gasteiger partial charge in [-0.05, 0) is 25.1 Å². The van der Waals surface area contributed by atoms with Crippen molar-refractivity contribution in [3.63, 3.8) is 0 Å². The Morgan fingerprint density at radius 1 is 1.32 bits per heavy atom. The molecule has 0 amide bonds. The zero-order valence-corrected chi connectivity index (χ0v) is 10.7. The summed E-state index contributed by atoms with van der Waals surface area (Å²) in [7, 11) is 0. The number of hydrogen-bond donors (Lipinski definition) is 1. The van der Waals surface area contributed by atoms with Crippen LogP contribution in [-0.4, -0.2) is 42.3 Å². The molecule has 0 atom stereocenters. The van der Waals surface area contributed by atoms with E-state index < -0.39 is 40.6 Å². The van der Waals surface area contributed by atoms with E-state index in [1.807, 2.05) is 0 Å². The Hall–Kier alpha value is -1.78. The van der Waals surface area contributed by atoms with Crippen molar-refractivity contribution in [3.05, 3.63) is 41.2 Å². The van der Waals surface area contributed by atoms with Gasteiger partial charge in [0.1, 0.15) is 11.6 Å². The van der Waals surface area contributed by atoms with Gasteiger partial charge >= 0.3 is 31.0 Å². The molecule has 4 nitrogen and oxygen atoms in total. The van der Waals surface area contributed by atoms with Gasteiger partial charge in [0.25, 0.3) is 5.78 Å². The van der Waals surface area contributed by atoms with Crippen molar-refractivity contribution < 1.29 is 37.0 Å². The topological polar surface area (TPSA) is 63.6 Å². The molecule has 0 saturated heterocycles. The Bertz CT molecular complexity index is 596. The number of halogens is 4. The Labute approximate surface area is 134 Å². The molecule has 0 aromatic heterocycles. The third-order valence-electron chi connectivity index (χ3n) is 2.31. The van der Waals surface area contributed by atoms with E-state index >= 15 is 0 Å². The summed E-state index contributed by atoms with van der Waals surface area (Å²) < 4.78 is 54.9. The van der Waals surface area contributed by atoms with Crippen LogP contribution in [0.5, 0.6) is 0 Å². The van der Waals surface area contributed by atoms with Crippen LogP contribution in [0.2, 0.25) is 0 Å². The van der Waals surface area contributed by atoms with Gasteiger partial charge in [-0.2, -0.15) is 13.2 Å². The molecule has 22 heavy (non-hydrogen) atoms. The summed E-state index contributed by atoms with van der Waals surface area (Å²) in [6.45, 7) is 1.37. The van der Waals surface area contributed by atoms with Crippen LogP contribution in [-0.2, 0) is 20.5 Å². The van der Waals surface area contributed by atoms with Crippen LogP contribution < -0.4 is 0 Å². The number of hydrogen-bond acceptors (Lipinski definition) is 4. The first-order valence-electron chi connectivity index (χ1n) is 5.65.